The molecular weight excluding hydrogens is 364 g/mol. The Labute approximate surface area is 136 Å². The standard InChI is InChI=1S/C12H11Cl2F3N2O2S/c13-11(14)7-19(5-4-18)22(20,21)8-9-2-1-3-10(6-9)12(15,16)17/h1-3,6,11H,5,7-8H2. The Kier molecular flexibility index (Phi) is 6.50. The van der Waals surface area contributed by atoms with Crippen molar-refractivity contribution in [3.8, 4) is 6.07 Å². The van der Waals surface area contributed by atoms with Crippen LogP contribution in [0.2, 0.25) is 0 Å². The van der Waals surface area contributed by atoms with Crippen LogP contribution in [0.4, 0.5) is 13.2 Å². The van der Waals surface area contributed by atoms with E-state index in [4.69, 9.17) is 28.5 Å². The zero-order valence-corrected chi connectivity index (χ0v) is 13.3. The molecule has 10 heteroatoms. The van der Waals surface area contributed by atoms with Crippen LogP contribution in [0.5, 0.6) is 0 Å². The zero-order valence-electron chi connectivity index (χ0n) is 11.0. The summed E-state index contributed by atoms with van der Waals surface area (Å²) in [5, 5.41) is 8.64. The second-order valence-corrected chi connectivity index (χ2v) is 7.54. The van der Waals surface area contributed by atoms with E-state index in [2.05, 4.69) is 0 Å². The Bertz CT molecular complexity index is 657. The van der Waals surface area contributed by atoms with Gasteiger partial charge in [0, 0.05) is 6.54 Å². The van der Waals surface area contributed by atoms with Crippen LogP contribution in [0.3, 0.4) is 0 Å². The summed E-state index contributed by atoms with van der Waals surface area (Å²) in [5.74, 6) is -0.681. The Morgan fingerprint density at radius 1 is 1.32 bits per heavy atom. The molecule has 0 aliphatic carbocycles. The van der Waals surface area contributed by atoms with E-state index in [1.165, 1.54) is 6.07 Å². The van der Waals surface area contributed by atoms with E-state index in [0.717, 1.165) is 22.5 Å². The molecule has 0 saturated heterocycles. The largest absolute Gasteiger partial charge is 0.416 e. The number of rotatable bonds is 6. The molecule has 0 radical (unpaired) electrons. The maximum atomic E-state index is 12.6. The number of nitrogens with zero attached hydrogens (tertiary/aromatic N) is 2. The Morgan fingerprint density at radius 2 is 1.95 bits per heavy atom. The summed E-state index contributed by atoms with van der Waals surface area (Å²) in [6, 6.07) is 5.62. The van der Waals surface area contributed by atoms with E-state index in [-0.39, 0.29) is 12.1 Å². The number of benzene rings is 1. The van der Waals surface area contributed by atoms with Crippen molar-refractivity contribution in [2.24, 2.45) is 0 Å². The number of alkyl halides is 5. The molecule has 0 amide bonds. The lowest BCUT2D eigenvalue weighted by Gasteiger charge is -2.20. The van der Waals surface area contributed by atoms with Gasteiger partial charge in [-0.15, -0.1) is 23.2 Å². The lowest BCUT2D eigenvalue weighted by molar-refractivity contribution is -0.137. The molecular formula is C12H11Cl2F3N2O2S. The number of halogens is 5. The maximum Gasteiger partial charge on any atom is 0.416 e. The van der Waals surface area contributed by atoms with E-state index in [9.17, 15) is 21.6 Å². The summed E-state index contributed by atoms with van der Waals surface area (Å²) in [5.41, 5.74) is -0.988. The Morgan fingerprint density at radius 3 is 2.45 bits per heavy atom. The first-order valence-electron chi connectivity index (χ1n) is 5.85. The molecule has 22 heavy (non-hydrogen) atoms. The average molecular weight is 375 g/mol. The number of hydrogen-bond acceptors (Lipinski definition) is 3. The van der Waals surface area contributed by atoms with Gasteiger partial charge < -0.3 is 0 Å². The molecule has 0 saturated carbocycles. The lowest BCUT2D eigenvalue weighted by Crippen LogP contribution is -2.35. The summed E-state index contributed by atoms with van der Waals surface area (Å²) in [6.07, 6.45) is -4.57. The molecule has 1 rings (SSSR count). The van der Waals surface area contributed by atoms with Crippen LogP contribution in [0.15, 0.2) is 24.3 Å². The summed E-state index contributed by atoms with van der Waals surface area (Å²) < 4.78 is 62.9. The monoisotopic (exact) mass is 374 g/mol. The van der Waals surface area contributed by atoms with Gasteiger partial charge in [0.15, 0.2) is 0 Å². The smallest absolute Gasteiger partial charge is 0.212 e. The SMILES string of the molecule is N#CCN(CC(Cl)Cl)S(=O)(=O)Cc1cccc(C(F)(F)F)c1. The zero-order chi connectivity index (χ0) is 17.0. The first-order valence-corrected chi connectivity index (χ1v) is 8.33. The van der Waals surface area contributed by atoms with E-state index in [0.29, 0.717) is 0 Å². The van der Waals surface area contributed by atoms with Gasteiger partial charge in [0.2, 0.25) is 10.0 Å². The topological polar surface area (TPSA) is 61.2 Å². The highest BCUT2D eigenvalue weighted by molar-refractivity contribution is 7.88. The third kappa shape index (κ3) is 5.65. The molecule has 0 aromatic heterocycles. The minimum Gasteiger partial charge on any atom is -0.212 e. The number of hydrogen-bond donors (Lipinski definition) is 0. The van der Waals surface area contributed by atoms with Gasteiger partial charge in [-0.2, -0.15) is 22.7 Å². The predicted octanol–water partition coefficient (Wildman–Crippen LogP) is 3.16. The fourth-order valence-corrected chi connectivity index (χ4v) is 3.56. The third-order valence-corrected chi connectivity index (χ3v) is 4.62. The molecule has 0 aliphatic heterocycles. The van der Waals surface area contributed by atoms with E-state index in [1.54, 1.807) is 6.07 Å². The fraction of sp³-hybridized carbons (Fsp3) is 0.417. The predicted molar refractivity (Wildman–Crippen MR) is 76.7 cm³/mol. The Balaban J connectivity index is 3.03. The second-order valence-electron chi connectivity index (χ2n) is 4.30. The molecule has 0 fully saturated rings. The first-order chi connectivity index (χ1) is 10.1. The molecule has 1 aromatic rings. The lowest BCUT2D eigenvalue weighted by atomic mass is 10.1. The van der Waals surface area contributed by atoms with Crippen LogP contribution >= 0.6 is 23.2 Å². The van der Waals surface area contributed by atoms with Crippen molar-refractivity contribution < 1.29 is 21.6 Å². The number of nitriles is 1. The molecule has 0 N–H and O–H groups in total. The van der Waals surface area contributed by atoms with Crippen molar-refractivity contribution in [2.45, 2.75) is 16.8 Å². The van der Waals surface area contributed by atoms with Gasteiger partial charge >= 0.3 is 6.18 Å². The van der Waals surface area contributed by atoms with Gasteiger partial charge in [-0.1, -0.05) is 18.2 Å². The molecule has 4 nitrogen and oxygen atoms in total. The van der Waals surface area contributed by atoms with Gasteiger partial charge in [-0.05, 0) is 11.6 Å². The number of sulfonamides is 1. The highest BCUT2D eigenvalue weighted by atomic mass is 35.5. The molecule has 122 valence electrons. The highest BCUT2D eigenvalue weighted by Gasteiger charge is 2.31. The summed E-state index contributed by atoms with van der Waals surface area (Å²) in [4.78, 5) is -1.05. The summed E-state index contributed by atoms with van der Waals surface area (Å²) >= 11 is 11.0. The van der Waals surface area contributed by atoms with Gasteiger partial charge in [-0.25, -0.2) is 8.42 Å². The van der Waals surface area contributed by atoms with Crippen molar-refractivity contribution in [1.82, 2.24) is 4.31 Å². The normalized spacial score (nSPS) is 12.6. The first kappa shape index (κ1) is 19.0. The van der Waals surface area contributed by atoms with E-state index < -0.39 is 38.9 Å². The Hall–Kier alpha value is -1.01. The van der Waals surface area contributed by atoms with E-state index >= 15 is 0 Å². The van der Waals surface area contributed by atoms with Crippen molar-refractivity contribution in [2.75, 3.05) is 13.1 Å². The van der Waals surface area contributed by atoms with E-state index in [1.807, 2.05) is 0 Å². The van der Waals surface area contributed by atoms with Gasteiger partial charge in [-0.3, -0.25) is 0 Å². The van der Waals surface area contributed by atoms with Crippen LogP contribution < -0.4 is 0 Å². The molecule has 0 spiro atoms. The van der Waals surface area contributed by atoms with Crippen LogP contribution in [-0.4, -0.2) is 30.6 Å². The van der Waals surface area contributed by atoms with Crippen LogP contribution in [0, 0.1) is 11.3 Å². The molecule has 1 aromatic carbocycles. The molecule has 0 atom stereocenters. The van der Waals surface area contributed by atoms with Crippen LogP contribution in [-0.2, 0) is 22.0 Å². The van der Waals surface area contributed by atoms with Crippen molar-refractivity contribution in [3.05, 3.63) is 35.4 Å². The average Bonchev–Trinajstić information content (AvgIpc) is 2.36. The molecule has 0 unspecified atom stereocenters. The minimum atomic E-state index is -4.57. The van der Waals surface area contributed by atoms with Gasteiger partial charge in [0.25, 0.3) is 0 Å². The second kappa shape index (κ2) is 7.51. The molecule has 0 bridgehead atoms. The molecule has 0 heterocycles. The van der Waals surface area contributed by atoms with Crippen LogP contribution in [0.1, 0.15) is 11.1 Å². The fourth-order valence-electron chi connectivity index (χ4n) is 1.65. The highest BCUT2D eigenvalue weighted by Crippen LogP contribution is 2.30. The van der Waals surface area contributed by atoms with Crippen molar-refractivity contribution >= 4 is 33.2 Å². The minimum absolute atomic E-state index is 0.0431. The quantitative estimate of drug-likeness (QED) is 0.567. The molecule has 0 aliphatic rings. The van der Waals surface area contributed by atoms with Crippen LogP contribution in [0.25, 0.3) is 0 Å². The summed E-state index contributed by atoms with van der Waals surface area (Å²) in [6.45, 7) is -0.810. The van der Waals surface area contributed by atoms with Crippen molar-refractivity contribution in [3.63, 3.8) is 0 Å². The van der Waals surface area contributed by atoms with Gasteiger partial charge in [0.05, 0.1) is 17.4 Å². The maximum absolute atomic E-state index is 12.6. The van der Waals surface area contributed by atoms with Crippen molar-refractivity contribution in [1.29, 1.82) is 5.26 Å². The third-order valence-electron chi connectivity index (χ3n) is 2.59. The van der Waals surface area contributed by atoms with Gasteiger partial charge in [0.1, 0.15) is 11.4 Å². The summed E-state index contributed by atoms with van der Waals surface area (Å²) in [7, 11) is -4.02.